The van der Waals surface area contributed by atoms with Crippen LogP contribution in [0.4, 0.5) is 0 Å². The lowest BCUT2D eigenvalue weighted by Crippen LogP contribution is -2.27. The van der Waals surface area contributed by atoms with Crippen LogP contribution in [0.5, 0.6) is 0 Å². The molecule has 1 heteroatoms. The Hall–Kier alpha value is -0.0400. The molecule has 0 amide bonds. The van der Waals surface area contributed by atoms with Crippen molar-refractivity contribution in [3.8, 4) is 0 Å². The third kappa shape index (κ3) is 4.41. The second-order valence-corrected chi connectivity index (χ2v) is 3.89. The van der Waals surface area contributed by atoms with Gasteiger partial charge in [-0.25, -0.2) is 0 Å². The average Bonchev–Trinajstić information content (AvgIpc) is 2.72. The third-order valence-electron chi connectivity index (χ3n) is 2.41. The summed E-state index contributed by atoms with van der Waals surface area (Å²) in [4.78, 5) is 0. The fourth-order valence-corrected chi connectivity index (χ4v) is 1.46. The zero-order valence-corrected chi connectivity index (χ0v) is 7.90. The molecule has 1 fully saturated rings. The number of hydrogen-bond acceptors (Lipinski definition) is 1. The highest BCUT2D eigenvalue weighted by atomic mass is 14.9. The summed E-state index contributed by atoms with van der Waals surface area (Å²) in [7, 11) is 0. The maximum atomic E-state index is 3.55. The van der Waals surface area contributed by atoms with Crippen molar-refractivity contribution in [2.24, 2.45) is 5.92 Å². The van der Waals surface area contributed by atoms with Crippen molar-refractivity contribution in [1.82, 2.24) is 5.32 Å². The van der Waals surface area contributed by atoms with Crippen LogP contribution in [-0.2, 0) is 0 Å². The Balaban J connectivity index is 1.87. The highest BCUT2D eigenvalue weighted by Crippen LogP contribution is 2.33. The quantitative estimate of drug-likeness (QED) is 0.581. The van der Waals surface area contributed by atoms with E-state index in [2.05, 4.69) is 19.2 Å². The van der Waals surface area contributed by atoms with E-state index in [1.54, 1.807) is 0 Å². The van der Waals surface area contributed by atoms with Crippen LogP contribution in [0.15, 0.2) is 0 Å². The van der Waals surface area contributed by atoms with Crippen LogP contribution < -0.4 is 5.32 Å². The molecule has 1 N–H and O–H groups in total. The minimum absolute atomic E-state index is 0.758. The summed E-state index contributed by atoms with van der Waals surface area (Å²) in [5, 5.41) is 3.55. The molecule has 0 radical (unpaired) electrons. The van der Waals surface area contributed by atoms with E-state index in [0.29, 0.717) is 0 Å². The van der Waals surface area contributed by atoms with Crippen LogP contribution in [0.1, 0.15) is 46.0 Å². The van der Waals surface area contributed by atoms with E-state index in [9.17, 15) is 0 Å². The first-order chi connectivity index (χ1) is 5.33. The number of rotatable bonds is 6. The van der Waals surface area contributed by atoms with Crippen molar-refractivity contribution in [3.05, 3.63) is 0 Å². The van der Waals surface area contributed by atoms with Gasteiger partial charge in [0.15, 0.2) is 0 Å². The normalized spacial score (nSPS) is 20.2. The van der Waals surface area contributed by atoms with Gasteiger partial charge in [0, 0.05) is 6.04 Å². The molecule has 0 spiro atoms. The van der Waals surface area contributed by atoms with E-state index in [1.165, 1.54) is 38.6 Å². The van der Waals surface area contributed by atoms with Gasteiger partial charge in [-0.3, -0.25) is 0 Å². The van der Waals surface area contributed by atoms with Crippen LogP contribution in [-0.4, -0.2) is 12.6 Å². The van der Waals surface area contributed by atoms with Gasteiger partial charge in [-0.1, -0.05) is 26.2 Å². The van der Waals surface area contributed by atoms with Gasteiger partial charge in [0.05, 0.1) is 0 Å². The summed E-state index contributed by atoms with van der Waals surface area (Å²) in [5.74, 6) is 1.07. The van der Waals surface area contributed by atoms with Gasteiger partial charge in [0.2, 0.25) is 0 Å². The molecule has 11 heavy (non-hydrogen) atoms. The first kappa shape index (κ1) is 9.05. The predicted octanol–water partition coefficient (Wildman–Crippen LogP) is 2.56. The molecule has 66 valence electrons. The van der Waals surface area contributed by atoms with Crippen LogP contribution in [0.3, 0.4) is 0 Å². The fraction of sp³-hybridized carbons (Fsp3) is 1.00. The second kappa shape index (κ2) is 4.76. The summed E-state index contributed by atoms with van der Waals surface area (Å²) in [5.41, 5.74) is 0. The zero-order chi connectivity index (χ0) is 8.10. The molecule has 1 rings (SSSR count). The van der Waals surface area contributed by atoms with Gasteiger partial charge in [-0.15, -0.1) is 0 Å². The lowest BCUT2D eigenvalue weighted by atomic mass is 10.1. The Bertz CT molecular complexity index is 97.0. The summed E-state index contributed by atoms with van der Waals surface area (Å²) in [6.45, 7) is 5.77. The molecule has 0 saturated heterocycles. The first-order valence-electron chi connectivity index (χ1n) is 5.06. The molecule has 0 aromatic carbocycles. The predicted molar refractivity (Wildman–Crippen MR) is 49.7 cm³/mol. The molecule has 1 unspecified atom stereocenters. The molecule has 0 bridgehead atoms. The summed E-state index contributed by atoms with van der Waals surface area (Å²) < 4.78 is 0. The smallest absolute Gasteiger partial charge is 0.00413 e. The molecular formula is C10H21N. The van der Waals surface area contributed by atoms with Crippen molar-refractivity contribution < 1.29 is 0 Å². The Morgan fingerprint density at radius 1 is 1.45 bits per heavy atom. The molecule has 1 saturated carbocycles. The van der Waals surface area contributed by atoms with Gasteiger partial charge >= 0.3 is 0 Å². The molecule has 1 aliphatic carbocycles. The Morgan fingerprint density at radius 2 is 2.18 bits per heavy atom. The van der Waals surface area contributed by atoms with Gasteiger partial charge in [0.1, 0.15) is 0 Å². The SMILES string of the molecule is CCCCNC(C)CC1CC1. The van der Waals surface area contributed by atoms with Crippen molar-refractivity contribution >= 4 is 0 Å². The zero-order valence-electron chi connectivity index (χ0n) is 7.90. The Kier molecular flexibility index (Phi) is 3.92. The van der Waals surface area contributed by atoms with E-state index in [0.717, 1.165) is 12.0 Å². The fourth-order valence-electron chi connectivity index (χ4n) is 1.46. The monoisotopic (exact) mass is 155 g/mol. The standard InChI is InChI=1S/C10H21N/c1-3-4-7-11-9(2)8-10-5-6-10/h9-11H,3-8H2,1-2H3. The van der Waals surface area contributed by atoms with Crippen LogP contribution in [0.2, 0.25) is 0 Å². The first-order valence-corrected chi connectivity index (χ1v) is 5.06. The van der Waals surface area contributed by atoms with E-state index in [1.807, 2.05) is 0 Å². The molecule has 0 aromatic heterocycles. The van der Waals surface area contributed by atoms with E-state index >= 15 is 0 Å². The van der Waals surface area contributed by atoms with Crippen molar-refractivity contribution in [2.75, 3.05) is 6.54 Å². The Morgan fingerprint density at radius 3 is 2.73 bits per heavy atom. The number of hydrogen-bond donors (Lipinski definition) is 1. The highest BCUT2D eigenvalue weighted by Gasteiger charge is 2.22. The van der Waals surface area contributed by atoms with E-state index < -0.39 is 0 Å². The van der Waals surface area contributed by atoms with Gasteiger partial charge < -0.3 is 5.32 Å². The molecule has 1 atom stereocenters. The third-order valence-corrected chi connectivity index (χ3v) is 2.41. The van der Waals surface area contributed by atoms with Crippen LogP contribution in [0, 0.1) is 5.92 Å². The van der Waals surface area contributed by atoms with Gasteiger partial charge in [-0.05, 0) is 32.2 Å². The van der Waals surface area contributed by atoms with Gasteiger partial charge in [0.25, 0.3) is 0 Å². The topological polar surface area (TPSA) is 12.0 Å². The summed E-state index contributed by atoms with van der Waals surface area (Å²) in [6, 6.07) is 0.758. The minimum atomic E-state index is 0.758. The van der Waals surface area contributed by atoms with Crippen LogP contribution in [0.25, 0.3) is 0 Å². The minimum Gasteiger partial charge on any atom is -0.314 e. The summed E-state index contributed by atoms with van der Waals surface area (Å²) >= 11 is 0. The highest BCUT2D eigenvalue weighted by molar-refractivity contribution is 4.77. The number of nitrogens with one attached hydrogen (secondary N) is 1. The van der Waals surface area contributed by atoms with Crippen LogP contribution >= 0.6 is 0 Å². The van der Waals surface area contributed by atoms with Crippen molar-refractivity contribution in [1.29, 1.82) is 0 Å². The molecule has 0 heterocycles. The summed E-state index contributed by atoms with van der Waals surface area (Å²) in [6.07, 6.45) is 7.02. The lowest BCUT2D eigenvalue weighted by Gasteiger charge is -2.12. The average molecular weight is 155 g/mol. The molecule has 1 aliphatic rings. The Labute approximate surface area is 70.6 Å². The van der Waals surface area contributed by atoms with Crippen molar-refractivity contribution in [3.63, 3.8) is 0 Å². The van der Waals surface area contributed by atoms with Gasteiger partial charge in [-0.2, -0.15) is 0 Å². The van der Waals surface area contributed by atoms with E-state index in [-0.39, 0.29) is 0 Å². The maximum Gasteiger partial charge on any atom is 0.00413 e. The second-order valence-electron chi connectivity index (χ2n) is 3.89. The molecular weight excluding hydrogens is 134 g/mol. The maximum absolute atomic E-state index is 3.55. The molecule has 1 nitrogen and oxygen atoms in total. The van der Waals surface area contributed by atoms with E-state index in [4.69, 9.17) is 0 Å². The molecule has 0 aromatic rings. The number of unbranched alkanes of at least 4 members (excludes halogenated alkanes) is 1. The van der Waals surface area contributed by atoms with Crippen molar-refractivity contribution in [2.45, 2.75) is 52.0 Å². The largest absolute Gasteiger partial charge is 0.314 e. The molecule has 0 aliphatic heterocycles. The lowest BCUT2D eigenvalue weighted by molar-refractivity contribution is 0.481.